The Hall–Kier alpha value is -2.08. The van der Waals surface area contributed by atoms with Gasteiger partial charge in [-0.2, -0.15) is 0 Å². The molecule has 0 spiro atoms. The predicted molar refractivity (Wildman–Crippen MR) is 89.0 cm³/mol. The zero-order valence-corrected chi connectivity index (χ0v) is 14.2. The molecule has 1 aromatic rings. The molecule has 1 saturated heterocycles. The van der Waals surface area contributed by atoms with Crippen LogP contribution in [0.25, 0.3) is 0 Å². The van der Waals surface area contributed by atoms with Gasteiger partial charge in [-0.3, -0.25) is 4.79 Å². The summed E-state index contributed by atoms with van der Waals surface area (Å²) < 4.78 is 16.0. The Morgan fingerprint density at radius 2 is 2.04 bits per heavy atom. The molecular weight excluding hydrogens is 310 g/mol. The van der Waals surface area contributed by atoms with Crippen molar-refractivity contribution in [1.82, 2.24) is 5.32 Å². The van der Waals surface area contributed by atoms with E-state index in [1.807, 2.05) is 0 Å². The zero-order valence-electron chi connectivity index (χ0n) is 14.2. The topological polar surface area (TPSA) is 73.9 Å². The van der Waals surface area contributed by atoms with E-state index in [2.05, 4.69) is 19.2 Å². The summed E-state index contributed by atoms with van der Waals surface area (Å²) in [6.07, 6.45) is 2.04. The normalized spacial score (nSPS) is 16.9. The van der Waals surface area contributed by atoms with Crippen LogP contribution in [0, 0.1) is 5.92 Å². The van der Waals surface area contributed by atoms with Gasteiger partial charge in [0.1, 0.15) is 5.75 Å². The minimum Gasteiger partial charge on any atom is -0.493 e. The van der Waals surface area contributed by atoms with Crippen molar-refractivity contribution >= 4 is 11.9 Å². The van der Waals surface area contributed by atoms with Crippen LogP contribution in [0.3, 0.4) is 0 Å². The van der Waals surface area contributed by atoms with Gasteiger partial charge < -0.3 is 19.5 Å². The number of amides is 1. The number of esters is 1. The lowest BCUT2D eigenvalue weighted by Crippen LogP contribution is -2.34. The van der Waals surface area contributed by atoms with Gasteiger partial charge in [0.15, 0.2) is 6.61 Å². The molecule has 24 heavy (non-hydrogen) atoms. The minimum absolute atomic E-state index is 0.0723. The maximum absolute atomic E-state index is 11.9. The van der Waals surface area contributed by atoms with Crippen LogP contribution in [-0.4, -0.2) is 44.3 Å². The summed E-state index contributed by atoms with van der Waals surface area (Å²) in [5.41, 5.74) is 0.388. The Morgan fingerprint density at radius 3 is 2.67 bits per heavy atom. The van der Waals surface area contributed by atoms with E-state index in [1.54, 1.807) is 24.3 Å². The molecule has 6 nitrogen and oxygen atoms in total. The van der Waals surface area contributed by atoms with Crippen LogP contribution in [0.1, 0.15) is 37.0 Å². The molecule has 0 radical (unpaired) electrons. The molecule has 0 unspecified atom stereocenters. The molecular formula is C18H25NO5. The zero-order chi connectivity index (χ0) is 17.4. The smallest absolute Gasteiger partial charge is 0.338 e. The highest BCUT2D eigenvalue weighted by molar-refractivity contribution is 5.91. The van der Waals surface area contributed by atoms with Gasteiger partial charge in [-0.15, -0.1) is 0 Å². The Balaban J connectivity index is 1.70. The first-order valence-electron chi connectivity index (χ1n) is 8.33. The summed E-state index contributed by atoms with van der Waals surface area (Å²) in [5, 5.41) is 2.71. The highest BCUT2D eigenvalue weighted by Crippen LogP contribution is 2.14. The van der Waals surface area contributed by atoms with Crippen molar-refractivity contribution in [2.24, 2.45) is 5.92 Å². The quantitative estimate of drug-likeness (QED) is 0.737. The first-order valence-corrected chi connectivity index (χ1v) is 8.33. The largest absolute Gasteiger partial charge is 0.493 e. The molecule has 0 bridgehead atoms. The lowest BCUT2D eigenvalue weighted by atomic mass is 10.2. The maximum atomic E-state index is 11.9. The number of carbonyl (C=O) groups is 2. The number of hydrogen-bond donors (Lipinski definition) is 1. The molecule has 0 aromatic heterocycles. The molecule has 1 aliphatic heterocycles. The Morgan fingerprint density at radius 1 is 1.29 bits per heavy atom. The van der Waals surface area contributed by atoms with E-state index in [-0.39, 0.29) is 18.6 Å². The van der Waals surface area contributed by atoms with Gasteiger partial charge in [-0.25, -0.2) is 4.79 Å². The van der Waals surface area contributed by atoms with E-state index in [0.29, 0.717) is 30.4 Å². The van der Waals surface area contributed by atoms with Gasteiger partial charge >= 0.3 is 5.97 Å². The van der Waals surface area contributed by atoms with Crippen LogP contribution >= 0.6 is 0 Å². The SMILES string of the molecule is CC(C)COc1ccc(C(=O)OCC(=O)NC[C@@H]2CCCO2)cc1. The van der Waals surface area contributed by atoms with Crippen molar-refractivity contribution in [1.29, 1.82) is 0 Å². The number of hydrogen-bond acceptors (Lipinski definition) is 5. The second-order valence-electron chi connectivity index (χ2n) is 6.24. The highest BCUT2D eigenvalue weighted by atomic mass is 16.5. The fraction of sp³-hybridized carbons (Fsp3) is 0.556. The molecule has 1 aromatic carbocycles. The first kappa shape index (κ1) is 18.3. The molecule has 1 fully saturated rings. The van der Waals surface area contributed by atoms with Crippen LogP contribution in [0.2, 0.25) is 0 Å². The molecule has 0 aliphatic carbocycles. The van der Waals surface area contributed by atoms with E-state index >= 15 is 0 Å². The van der Waals surface area contributed by atoms with Gasteiger partial charge in [0.25, 0.3) is 5.91 Å². The molecule has 1 heterocycles. The molecule has 0 saturated carbocycles. The van der Waals surface area contributed by atoms with Crippen LogP contribution in [-0.2, 0) is 14.3 Å². The molecule has 1 atom stereocenters. The van der Waals surface area contributed by atoms with Crippen molar-refractivity contribution in [3.8, 4) is 5.75 Å². The van der Waals surface area contributed by atoms with Crippen molar-refractivity contribution in [3.63, 3.8) is 0 Å². The van der Waals surface area contributed by atoms with Gasteiger partial charge in [-0.1, -0.05) is 13.8 Å². The van der Waals surface area contributed by atoms with Crippen LogP contribution in [0.5, 0.6) is 5.75 Å². The Bertz CT molecular complexity index is 535. The minimum atomic E-state index is -0.530. The number of rotatable bonds is 8. The number of ether oxygens (including phenoxy) is 3. The van der Waals surface area contributed by atoms with Gasteiger partial charge in [0, 0.05) is 13.2 Å². The molecule has 1 amide bonds. The average molecular weight is 335 g/mol. The van der Waals surface area contributed by atoms with Gasteiger partial charge in [-0.05, 0) is 43.0 Å². The van der Waals surface area contributed by atoms with Gasteiger partial charge in [0.05, 0.1) is 18.3 Å². The molecule has 1 N–H and O–H groups in total. The fourth-order valence-corrected chi connectivity index (χ4v) is 2.25. The monoisotopic (exact) mass is 335 g/mol. The standard InChI is InChI=1S/C18H25NO5/c1-13(2)11-23-15-7-5-14(6-8-15)18(21)24-12-17(20)19-10-16-4-3-9-22-16/h5-8,13,16H,3-4,9-12H2,1-2H3,(H,19,20)/t16-/m0/s1. The molecule has 1 aliphatic rings. The van der Waals surface area contributed by atoms with E-state index in [4.69, 9.17) is 14.2 Å². The third-order valence-electron chi connectivity index (χ3n) is 3.56. The van der Waals surface area contributed by atoms with Gasteiger partial charge in [0.2, 0.25) is 0 Å². The van der Waals surface area contributed by atoms with Crippen LogP contribution in [0.15, 0.2) is 24.3 Å². The third kappa shape index (κ3) is 6.20. The summed E-state index contributed by atoms with van der Waals surface area (Å²) in [7, 11) is 0. The third-order valence-corrected chi connectivity index (χ3v) is 3.56. The molecule has 2 rings (SSSR count). The van der Waals surface area contributed by atoms with Crippen molar-refractivity contribution in [3.05, 3.63) is 29.8 Å². The van der Waals surface area contributed by atoms with Crippen LogP contribution < -0.4 is 10.1 Å². The second-order valence-corrected chi connectivity index (χ2v) is 6.24. The average Bonchev–Trinajstić information content (AvgIpc) is 3.10. The lowest BCUT2D eigenvalue weighted by molar-refractivity contribution is -0.124. The lowest BCUT2D eigenvalue weighted by Gasteiger charge is -2.11. The Kier molecular flexibility index (Phi) is 7.06. The van der Waals surface area contributed by atoms with Crippen molar-refractivity contribution < 1.29 is 23.8 Å². The molecule has 6 heteroatoms. The maximum Gasteiger partial charge on any atom is 0.338 e. The Labute approximate surface area is 142 Å². The molecule has 132 valence electrons. The number of benzene rings is 1. The summed E-state index contributed by atoms with van der Waals surface area (Å²) >= 11 is 0. The summed E-state index contributed by atoms with van der Waals surface area (Å²) in [6, 6.07) is 6.69. The second kappa shape index (κ2) is 9.27. The summed E-state index contributed by atoms with van der Waals surface area (Å²) in [5.74, 6) is 0.283. The van der Waals surface area contributed by atoms with Crippen molar-refractivity contribution in [2.75, 3.05) is 26.4 Å². The van der Waals surface area contributed by atoms with E-state index in [0.717, 1.165) is 19.4 Å². The number of carbonyl (C=O) groups excluding carboxylic acids is 2. The summed E-state index contributed by atoms with van der Waals surface area (Å²) in [6.45, 7) is 5.65. The predicted octanol–water partition coefficient (Wildman–Crippen LogP) is 2.17. The van der Waals surface area contributed by atoms with Crippen LogP contribution in [0.4, 0.5) is 0 Å². The van der Waals surface area contributed by atoms with E-state index in [9.17, 15) is 9.59 Å². The highest BCUT2D eigenvalue weighted by Gasteiger charge is 2.17. The van der Waals surface area contributed by atoms with E-state index in [1.165, 1.54) is 0 Å². The fourth-order valence-electron chi connectivity index (χ4n) is 2.25. The first-order chi connectivity index (χ1) is 11.5. The van der Waals surface area contributed by atoms with Crippen molar-refractivity contribution in [2.45, 2.75) is 32.8 Å². The summed E-state index contributed by atoms with van der Waals surface area (Å²) in [4.78, 5) is 23.6. The van der Waals surface area contributed by atoms with E-state index < -0.39 is 5.97 Å². The number of nitrogens with one attached hydrogen (secondary N) is 1.